The van der Waals surface area contributed by atoms with E-state index >= 15 is 0 Å². The van der Waals surface area contributed by atoms with Crippen LogP contribution in [0, 0.1) is 0 Å². The van der Waals surface area contributed by atoms with Crippen molar-refractivity contribution in [1.82, 2.24) is 4.90 Å². The Morgan fingerprint density at radius 3 is 2.25 bits per heavy atom. The zero-order valence-electron chi connectivity index (χ0n) is 11.4. The second kappa shape index (κ2) is 5.22. The molecule has 0 saturated heterocycles. The van der Waals surface area contributed by atoms with Crippen molar-refractivity contribution in [1.29, 1.82) is 0 Å². The Kier molecular flexibility index (Phi) is 3.26. The third-order valence-electron chi connectivity index (χ3n) is 3.61. The number of hydrogen-bond donors (Lipinski definition) is 0. The summed E-state index contributed by atoms with van der Waals surface area (Å²) in [5.74, 6) is 0. The van der Waals surface area contributed by atoms with Crippen molar-refractivity contribution in [3.8, 4) is 0 Å². The van der Waals surface area contributed by atoms with Gasteiger partial charge in [0.15, 0.2) is 0 Å². The van der Waals surface area contributed by atoms with Gasteiger partial charge < -0.3 is 4.90 Å². The fourth-order valence-electron chi connectivity index (χ4n) is 2.54. The first kappa shape index (κ1) is 12.5. The summed E-state index contributed by atoms with van der Waals surface area (Å²) in [5.41, 5.74) is 5.84. The van der Waals surface area contributed by atoms with Crippen LogP contribution in [0.25, 0.3) is 11.3 Å². The highest BCUT2D eigenvalue weighted by atomic mass is 15.1. The lowest BCUT2D eigenvalue weighted by Crippen LogP contribution is -2.19. The van der Waals surface area contributed by atoms with Crippen molar-refractivity contribution >= 4 is 11.3 Å². The minimum Gasteiger partial charge on any atom is -0.343 e. The van der Waals surface area contributed by atoms with E-state index in [4.69, 9.17) is 0 Å². The monoisotopic (exact) mass is 259 g/mol. The molecule has 98 valence electrons. The summed E-state index contributed by atoms with van der Waals surface area (Å²) in [6, 6.07) is 18.8. The number of nitrogens with zero attached hydrogens (tertiary/aromatic N) is 1. The van der Waals surface area contributed by atoms with Gasteiger partial charge in [-0.05, 0) is 16.7 Å². The lowest BCUT2D eigenvalue weighted by atomic mass is 9.94. The SMILES string of the molecule is C=CC1=CN(Cc2ccccc2)C(=C)c2ccccc21. The van der Waals surface area contributed by atoms with Gasteiger partial charge in [0.05, 0.1) is 0 Å². The summed E-state index contributed by atoms with van der Waals surface area (Å²) in [4.78, 5) is 2.19. The highest BCUT2D eigenvalue weighted by Crippen LogP contribution is 2.34. The molecule has 2 aromatic carbocycles. The quantitative estimate of drug-likeness (QED) is 0.772. The molecule has 3 rings (SSSR count). The molecule has 0 spiro atoms. The van der Waals surface area contributed by atoms with E-state index in [-0.39, 0.29) is 0 Å². The molecule has 0 atom stereocenters. The molecule has 0 radical (unpaired) electrons. The summed E-state index contributed by atoms with van der Waals surface area (Å²) in [7, 11) is 0. The molecule has 0 aliphatic carbocycles. The van der Waals surface area contributed by atoms with Crippen LogP contribution < -0.4 is 0 Å². The minimum atomic E-state index is 0.825. The summed E-state index contributed by atoms with van der Waals surface area (Å²) >= 11 is 0. The molecule has 1 heterocycles. The van der Waals surface area contributed by atoms with Gasteiger partial charge in [0.25, 0.3) is 0 Å². The van der Waals surface area contributed by atoms with Gasteiger partial charge in [-0.15, -0.1) is 0 Å². The van der Waals surface area contributed by atoms with Gasteiger partial charge in [-0.1, -0.05) is 73.8 Å². The Bertz CT molecular complexity index is 680. The summed E-state index contributed by atoms with van der Waals surface area (Å²) in [5, 5.41) is 0. The Balaban J connectivity index is 1.98. The van der Waals surface area contributed by atoms with E-state index in [0.717, 1.165) is 17.8 Å². The number of fused-ring (bicyclic) bond motifs is 1. The van der Waals surface area contributed by atoms with Crippen LogP contribution in [-0.4, -0.2) is 4.90 Å². The van der Waals surface area contributed by atoms with E-state index in [1.54, 1.807) is 0 Å². The maximum atomic E-state index is 4.25. The van der Waals surface area contributed by atoms with Gasteiger partial charge in [0.1, 0.15) is 0 Å². The second-order valence-electron chi connectivity index (χ2n) is 4.89. The molecule has 0 saturated carbocycles. The van der Waals surface area contributed by atoms with E-state index in [1.165, 1.54) is 16.7 Å². The van der Waals surface area contributed by atoms with Crippen molar-refractivity contribution in [2.75, 3.05) is 0 Å². The lowest BCUT2D eigenvalue weighted by Gasteiger charge is -2.30. The Morgan fingerprint density at radius 2 is 1.55 bits per heavy atom. The van der Waals surface area contributed by atoms with Crippen LogP contribution in [-0.2, 0) is 6.54 Å². The number of rotatable bonds is 3. The summed E-state index contributed by atoms with van der Waals surface area (Å²) < 4.78 is 0. The van der Waals surface area contributed by atoms with Crippen LogP contribution in [0.2, 0.25) is 0 Å². The number of allylic oxidation sites excluding steroid dienone is 2. The Morgan fingerprint density at radius 1 is 0.900 bits per heavy atom. The topological polar surface area (TPSA) is 3.24 Å². The average Bonchev–Trinajstić information content (AvgIpc) is 2.51. The first-order chi connectivity index (χ1) is 9.79. The molecule has 1 nitrogen and oxygen atoms in total. The van der Waals surface area contributed by atoms with E-state index in [0.29, 0.717) is 0 Å². The minimum absolute atomic E-state index is 0.825. The van der Waals surface area contributed by atoms with Crippen LogP contribution >= 0.6 is 0 Å². The predicted molar refractivity (Wildman–Crippen MR) is 85.6 cm³/mol. The molecule has 20 heavy (non-hydrogen) atoms. The van der Waals surface area contributed by atoms with Gasteiger partial charge in [0.2, 0.25) is 0 Å². The van der Waals surface area contributed by atoms with Crippen LogP contribution in [0.1, 0.15) is 16.7 Å². The fraction of sp³-hybridized carbons (Fsp3) is 0.0526. The standard InChI is InChI=1S/C19H17N/c1-3-17-14-20(13-16-9-5-4-6-10-16)15(2)18-11-7-8-12-19(17)18/h3-12,14H,1-2,13H2. The Labute approximate surface area is 120 Å². The van der Waals surface area contributed by atoms with Crippen molar-refractivity contribution in [2.24, 2.45) is 0 Å². The van der Waals surface area contributed by atoms with Crippen molar-refractivity contribution in [3.05, 3.63) is 96.7 Å². The molecule has 1 aliphatic rings. The lowest BCUT2D eigenvalue weighted by molar-refractivity contribution is 0.525. The molecular weight excluding hydrogens is 242 g/mol. The first-order valence-electron chi connectivity index (χ1n) is 6.73. The van der Waals surface area contributed by atoms with Gasteiger partial charge >= 0.3 is 0 Å². The largest absolute Gasteiger partial charge is 0.343 e. The molecule has 0 aromatic heterocycles. The van der Waals surface area contributed by atoms with Gasteiger partial charge in [-0.2, -0.15) is 0 Å². The van der Waals surface area contributed by atoms with Gasteiger partial charge in [0, 0.05) is 24.0 Å². The zero-order valence-corrected chi connectivity index (χ0v) is 11.4. The van der Waals surface area contributed by atoms with E-state index in [1.807, 2.05) is 12.1 Å². The van der Waals surface area contributed by atoms with E-state index in [9.17, 15) is 0 Å². The van der Waals surface area contributed by atoms with Gasteiger partial charge in [-0.3, -0.25) is 0 Å². The molecule has 0 N–H and O–H groups in total. The molecule has 0 fully saturated rings. The predicted octanol–water partition coefficient (Wildman–Crippen LogP) is 4.70. The molecule has 1 heteroatoms. The molecule has 1 aliphatic heterocycles. The van der Waals surface area contributed by atoms with Gasteiger partial charge in [-0.25, -0.2) is 0 Å². The molecular formula is C19H17N. The van der Waals surface area contributed by atoms with E-state index in [2.05, 4.69) is 72.8 Å². The molecule has 0 bridgehead atoms. The third-order valence-corrected chi connectivity index (χ3v) is 3.61. The van der Waals surface area contributed by atoms with E-state index < -0.39 is 0 Å². The average molecular weight is 259 g/mol. The molecule has 0 unspecified atom stereocenters. The normalized spacial score (nSPS) is 13.7. The summed E-state index contributed by atoms with van der Waals surface area (Å²) in [6.45, 7) is 9.00. The fourth-order valence-corrected chi connectivity index (χ4v) is 2.54. The smallest absolute Gasteiger partial charge is 0.0476 e. The van der Waals surface area contributed by atoms with Crippen molar-refractivity contribution in [3.63, 3.8) is 0 Å². The van der Waals surface area contributed by atoms with Crippen LogP contribution in [0.5, 0.6) is 0 Å². The third kappa shape index (κ3) is 2.19. The maximum Gasteiger partial charge on any atom is 0.0476 e. The van der Waals surface area contributed by atoms with Crippen molar-refractivity contribution < 1.29 is 0 Å². The zero-order chi connectivity index (χ0) is 13.9. The number of hydrogen-bond acceptors (Lipinski definition) is 1. The second-order valence-corrected chi connectivity index (χ2v) is 4.89. The maximum absolute atomic E-state index is 4.25. The van der Waals surface area contributed by atoms with Crippen LogP contribution in [0.4, 0.5) is 0 Å². The molecule has 0 amide bonds. The highest BCUT2D eigenvalue weighted by Gasteiger charge is 2.18. The summed E-state index contributed by atoms with van der Waals surface area (Å²) in [6.07, 6.45) is 4.04. The first-order valence-corrected chi connectivity index (χ1v) is 6.73. The van der Waals surface area contributed by atoms with Crippen LogP contribution in [0.3, 0.4) is 0 Å². The molecule has 2 aromatic rings. The van der Waals surface area contributed by atoms with Crippen LogP contribution in [0.15, 0.2) is 80.0 Å². The number of benzene rings is 2. The highest BCUT2D eigenvalue weighted by molar-refractivity contribution is 5.86. The Hall–Kier alpha value is -2.54. The van der Waals surface area contributed by atoms with Crippen molar-refractivity contribution in [2.45, 2.75) is 6.54 Å².